The van der Waals surface area contributed by atoms with Gasteiger partial charge in [-0.3, -0.25) is 14.5 Å². The predicted molar refractivity (Wildman–Crippen MR) is 147 cm³/mol. The van der Waals surface area contributed by atoms with E-state index in [0.29, 0.717) is 49.2 Å². The van der Waals surface area contributed by atoms with E-state index in [-0.39, 0.29) is 29.8 Å². The summed E-state index contributed by atoms with van der Waals surface area (Å²) < 4.78 is 35.2. The Balaban J connectivity index is 1.12. The molecule has 9 nitrogen and oxygen atoms in total. The normalized spacial score (nSPS) is 23.6. The fourth-order valence-corrected chi connectivity index (χ4v) is 6.03. The molecule has 1 unspecified atom stereocenters. The van der Waals surface area contributed by atoms with E-state index in [0.717, 1.165) is 58.2 Å². The molecule has 0 bridgehead atoms. The van der Waals surface area contributed by atoms with Gasteiger partial charge in [0.25, 0.3) is 0 Å². The van der Waals surface area contributed by atoms with E-state index in [1.165, 1.54) is 6.07 Å². The van der Waals surface area contributed by atoms with Crippen molar-refractivity contribution in [3.05, 3.63) is 47.4 Å². The Morgan fingerprint density at radius 3 is 2.75 bits per heavy atom. The molecule has 2 amide bonds. The minimum atomic E-state index is -0.553. The Morgan fingerprint density at radius 2 is 2.00 bits per heavy atom. The first-order valence-electron chi connectivity index (χ1n) is 14.6. The smallest absolute Gasteiger partial charge is 0.242 e. The Hall–Kier alpha value is -2.89. The van der Waals surface area contributed by atoms with Crippen LogP contribution < -0.4 is 16.0 Å². The van der Waals surface area contributed by atoms with Gasteiger partial charge in [-0.1, -0.05) is 13.3 Å². The number of anilines is 1. The van der Waals surface area contributed by atoms with Crippen molar-refractivity contribution < 1.29 is 23.1 Å². The molecule has 1 aromatic carbocycles. The summed E-state index contributed by atoms with van der Waals surface area (Å²) in [6.45, 7) is 6.73. The highest BCUT2D eigenvalue weighted by molar-refractivity contribution is 5.94. The van der Waals surface area contributed by atoms with Gasteiger partial charge in [-0.15, -0.1) is 0 Å². The lowest BCUT2D eigenvalue weighted by atomic mass is 9.78. The first kappa shape index (κ1) is 28.6. The number of nitrogens with zero attached hydrogens (tertiary/aromatic N) is 3. The number of carbonyl (C=O) groups excluding carboxylic acids is 2. The van der Waals surface area contributed by atoms with Crippen molar-refractivity contribution in [2.75, 3.05) is 44.7 Å². The molecular weight excluding hydrogens is 518 g/mol. The lowest BCUT2D eigenvalue weighted by Crippen LogP contribution is -2.48. The fraction of sp³-hybridized carbons (Fsp3) is 0.621. The number of carbonyl (C=O) groups is 2. The lowest BCUT2D eigenvalue weighted by Gasteiger charge is -2.36. The van der Waals surface area contributed by atoms with Crippen molar-refractivity contribution in [2.24, 2.45) is 5.92 Å². The molecule has 2 fully saturated rings. The molecule has 218 valence electrons. The number of imidazole rings is 1. The van der Waals surface area contributed by atoms with E-state index in [2.05, 4.69) is 25.8 Å². The third-order valence-corrected chi connectivity index (χ3v) is 8.44. The van der Waals surface area contributed by atoms with Crippen LogP contribution in [0.5, 0.6) is 0 Å². The van der Waals surface area contributed by atoms with E-state index in [1.807, 2.05) is 11.5 Å². The minimum Gasteiger partial charge on any atom is -0.379 e. The zero-order chi connectivity index (χ0) is 28.1. The molecule has 1 saturated heterocycles. The summed E-state index contributed by atoms with van der Waals surface area (Å²) in [5, 5.41) is 9.40. The van der Waals surface area contributed by atoms with E-state index in [9.17, 15) is 18.4 Å². The molecule has 1 saturated carbocycles. The second-order valence-electron chi connectivity index (χ2n) is 11.2. The van der Waals surface area contributed by atoms with Gasteiger partial charge in [0.2, 0.25) is 11.8 Å². The van der Waals surface area contributed by atoms with E-state index in [1.54, 1.807) is 12.5 Å². The van der Waals surface area contributed by atoms with Crippen LogP contribution in [0.1, 0.15) is 56.2 Å². The van der Waals surface area contributed by atoms with Crippen LogP contribution >= 0.6 is 0 Å². The van der Waals surface area contributed by atoms with Crippen LogP contribution in [0.25, 0.3) is 0 Å². The summed E-state index contributed by atoms with van der Waals surface area (Å²) in [6, 6.07) is 1.82. The van der Waals surface area contributed by atoms with Crippen molar-refractivity contribution in [1.29, 1.82) is 0 Å². The first-order valence-corrected chi connectivity index (χ1v) is 14.6. The number of fused-ring (bicyclic) bond motifs is 1. The summed E-state index contributed by atoms with van der Waals surface area (Å²) in [7, 11) is 0. The first-order chi connectivity index (χ1) is 19.4. The highest BCUT2D eigenvalue weighted by Crippen LogP contribution is 2.39. The third kappa shape index (κ3) is 6.87. The van der Waals surface area contributed by atoms with Crippen LogP contribution in [0.2, 0.25) is 0 Å². The number of amides is 2. The van der Waals surface area contributed by atoms with Crippen LogP contribution in [0.3, 0.4) is 0 Å². The maximum absolute atomic E-state index is 14.4. The molecule has 5 rings (SSSR count). The molecule has 2 aromatic rings. The zero-order valence-electron chi connectivity index (χ0n) is 23.1. The van der Waals surface area contributed by atoms with Gasteiger partial charge in [0, 0.05) is 50.5 Å². The summed E-state index contributed by atoms with van der Waals surface area (Å²) in [6.07, 6.45) is 8.29. The monoisotopic (exact) mass is 558 g/mol. The number of morpholine rings is 1. The number of benzene rings is 1. The number of halogens is 2. The van der Waals surface area contributed by atoms with Gasteiger partial charge >= 0.3 is 0 Å². The number of aromatic nitrogens is 2. The molecule has 1 aromatic heterocycles. The van der Waals surface area contributed by atoms with Crippen molar-refractivity contribution in [1.82, 2.24) is 25.1 Å². The second-order valence-corrected chi connectivity index (χ2v) is 11.2. The standard InChI is InChI=1S/C29H40F2N6O3/c1-2-3-25(34-21-5-4-19-14-20(30)15-24(31)23(19)16-21)29(39)35-27-17-37(18-33-27)26-7-6-22(26)28(38)32-8-9-36-10-12-40-13-11-36/h14-15,17-18,21-22,25-26,34H,2-13,16H2,1H3,(H,32,38)(H,35,39)/t21-,22-,25-,26?/m0/s1. The van der Waals surface area contributed by atoms with Gasteiger partial charge in [-0.05, 0) is 55.7 Å². The number of rotatable bonds is 11. The number of hydrogen-bond donors (Lipinski definition) is 3. The molecule has 11 heteroatoms. The molecule has 0 radical (unpaired) electrons. The third-order valence-electron chi connectivity index (χ3n) is 8.44. The number of hydrogen-bond acceptors (Lipinski definition) is 6. The molecule has 2 aliphatic carbocycles. The number of ether oxygens (including phenoxy) is 1. The van der Waals surface area contributed by atoms with E-state index < -0.39 is 17.7 Å². The Morgan fingerprint density at radius 1 is 1.18 bits per heavy atom. The number of aryl methyl sites for hydroxylation is 1. The van der Waals surface area contributed by atoms with Crippen molar-refractivity contribution in [3.8, 4) is 0 Å². The van der Waals surface area contributed by atoms with E-state index in [4.69, 9.17) is 4.74 Å². The van der Waals surface area contributed by atoms with Crippen molar-refractivity contribution >= 4 is 17.6 Å². The largest absolute Gasteiger partial charge is 0.379 e. The predicted octanol–water partition coefficient (Wildman–Crippen LogP) is 2.82. The van der Waals surface area contributed by atoms with Crippen LogP contribution in [-0.2, 0) is 27.2 Å². The number of nitrogens with one attached hydrogen (secondary N) is 3. The van der Waals surface area contributed by atoms with E-state index >= 15 is 0 Å². The SMILES string of the molecule is CCC[C@H](N[C@H]1CCc2cc(F)cc(F)c2C1)C(=O)Nc1cn(C2CC[C@@H]2C(=O)NCCN2CCOCC2)cn1. The van der Waals surface area contributed by atoms with Crippen LogP contribution in [0, 0.1) is 17.6 Å². The molecule has 3 N–H and O–H groups in total. The molecule has 40 heavy (non-hydrogen) atoms. The minimum absolute atomic E-state index is 0.0214. The fourth-order valence-electron chi connectivity index (χ4n) is 6.03. The topological polar surface area (TPSA) is 101 Å². The highest BCUT2D eigenvalue weighted by Gasteiger charge is 2.38. The quantitative estimate of drug-likeness (QED) is 0.392. The zero-order valence-corrected chi connectivity index (χ0v) is 23.1. The Bertz CT molecular complexity index is 1180. The van der Waals surface area contributed by atoms with Gasteiger partial charge in [-0.2, -0.15) is 0 Å². The molecule has 2 heterocycles. The summed E-state index contributed by atoms with van der Waals surface area (Å²) in [5.74, 6) is -0.874. The molecule has 3 aliphatic rings. The average Bonchev–Trinajstić information content (AvgIpc) is 3.36. The Labute approximate surface area is 234 Å². The second kappa shape index (κ2) is 13.2. The van der Waals surface area contributed by atoms with Crippen LogP contribution in [-0.4, -0.2) is 77.7 Å². The van der Waals surface area contributed by atoms with Gasteiger partial charge in [-0.25, -0.2) is 13.8 Å². The molecular formula is C29H40F2N6O3. The van der Waals surface area contributed by atoms with Crippen LogP contribution in [0.4, 0.5) is 14.6 Å². The highest BCUT2D eigenvalue weighted by atomic mass is 19.1. The molecule has 0 spiro atoms. The van der Waals surface area contributed by atoms with Crippen molar-refractivity contribution in [2.45, 2.75) is 70.0 Å². The van der Waals surface area contributed by atoms with Crippen molar-refractivity contribution in [3.63, 3.8) is 0 Å². The summed E-state index contributed by atoms with van der Waals surface area (Å²) in [5.41, 5.74) is 1.23. The molecule has 4 atom stereocenters. The Kier molecular flexibility index (Phi) is 9.44. The van der Waals surface area contributed by atoms with Crippen LogP contribution in [0.15, 0.2) is 24.7 Å². The average molecular weight is 559 g/mol. The summed E-state index contributed by atoms with van der Waals surface area (Å²) in [4.78, 5) is 32.7. The van der Waals surface area contributed by atoms with Gasteiger partial charge in [0.05, 0.1) is 31.5 Å². The van der Waals surface area contributed by atoms with Gasteiger partial charge in [0.1, 0.15) is 11.6 Å². The maximum Gasteiger partial charge on any atom is 0.242 e. The van der Waals surface area contributed by atoms with Gasteiger partial charge in [0.15, 0.2) is 5.82 Å². The lowest BCUT2D eigenvalue weighted by molar-refractivity contribution is -0.129. The van der Waals surface area contributed by atoms with Gasteiger partial charge < -0.3 is 25.3 Å². The molecule has 1 aliphatic heterocycles. The maximum atomic E-state index is 14.4. The summed E-state index contributed by atoms with van der Waals surface area (Å²) >= 11 is 0.